The molecule has 96 valence electrons. The van der Waals surface area contributed by atoms with Crippen molar-refractivity contribution in [1.29, 1.82) is 0 Å². The number of azo groups is 1. The Morgan fingerprint density at radius 3 is 2.78 bits per heavy atom. The lowest BCUT2D eigenvalue weighted by Crippen LogP contribution is -2.26. The highest BCUT2D eigenvalue weighted by molar-refractivity contribution is 9.10. The second kappa shape index (κ2) is 4.89. The Morgan fingerprint density at radius 2 is 2.28 bits per heavy atom. The number of aliphatic hydroxyl groups is 1. The number of amides is 1. The van der Waals surface area contributed by atoms with Crippen LogP contribution in [0.5, 0.6) is 0 Å². The molecule has 0 unspecified atom stereocenters. The fourth-order valence-electron chi connectivity index (χ4n) is 1.47. The first-order valence-electron chi connectivity index (χ1n) is 5.29. The molecule has 8 heteroatoms. The number of aryl methyl sites for hydroxylation is 1. The van der Waals surface area contributed by atoms with Crippen LogP contribution in [-0.2, 0) is 4.79 Å². The molecular formula is C10H11BrN4O3. The molecule has 0 atom stereocenters. The minimum atomic E-state index is -0.338. The van der Waals surface area contributed by atoms with Gasteiger partial charge in [0.05, 0.1) is 6.54 Å². The highest BCUT2D eigenvalue weighted by Crippen LogP contribution is 2.29. The van der Waals surface area contributed by atoms with Gasteiger partial charge in [0, 0.05) is 6.54 Å². The number of aromatic nitrogens is 1. The smallest absolute Gasteiger partial charge is 0.278 e. The van der Waals surface area contributed by atoms with E-state index in [1.807, 2.05) is 6.92 Å². The van der Waals surface area contributed by atoms with Gasteiger partial charge in [-0.05, 0) is 29.8 Å². The Kier molecular flexibility index (Phi) is 3.46. The fraction of sp³-hybridized carbons (Fsp3) is 0.400. The second-order valence-corrected chi connectivity index (χ2v) is 4.48. The summed E-state index contributed by atoms with van der Waals surface area (Å²) in [6, 6.07) is 0. The zero-order valence-electron chi connectivity index (χ0n) is 9.84. The van der Waals surface area contributed by atoms with E-state index >= 15 is 0 Å². The summed E-state index contributed by atoms with van der Waals surface area (Å²) < 4.78 is 5.46. The summed E-state index contributed by atoms with van der Waals surface area (Å²) in [6.45, 7) is 4.21. The van der Waals surface area contributed by atoms with Crippen LogP contribution in [0.4, 0.5) is 5.82 Å². The third-order valence-electron chi connectivity index (χ3n) is 2.50. The SMILES string of the molecule is CCN1CC(O)=C(N=Nc2noc(C)c2Br)C1=O. The van der Waals surface area contributed by atoms with Crippen molar-refractivity contribution in [3.05, 3.63) is 21.7 Å². The van der Waals surface area contributed by atoms with Gasteiger partial charge in [-0.2, -0.15) is 0 Å². The first-order chi connectivity index (χ1) is 8.54. The van der Waals surface area contributed by atoms with Gasteiger partial charge in [-0.25, -0.2) is 0 Å². The molecule has 1 aromatic heterocycles. The number of aliphatic hydroxyl groups excluding tert-OH is 1. The van der Waals surface area contributed by atoms with Crippen molar-refractivity contribution in [3.63, 3.8) is 0 Å². The van der Waals surface area contributed by atoms with Crippen LogP contribution in [0.2, 0.25) is 0 Å². The number of carbonyl (C=O) groups excluding carboxylic acids is 1. The zero-order chi connectivity index (χ0) is 13.3. The molecule has 0 aromatic carbocycles. The van der Waals surface area contributed by atoms with Crippen LogP contribution in [0.1, 0.15) is 12.7 Å². The maximum absolute atomic E-state index is 11.8. The number of rotatable bonds is 3. The Labute approximate surface area is 111 Å². The average Bonchev–Trinajstić information content (AvgIpc) is 2.80. The lowest BCUT2D eigenvalue weighted by molar-refractivity contribution is -0.125. The second-order valence-electron chi connectivity index (χ2n) is 3.69. The topological polar surface area (TPSA) is 91.3 Å². The monoisotopic (exact) mass is 314 g/mol. The highest BCUT2D eigenvalue weighted by Gasteiger charge is 2.29. The number of nitrogens with zero attached hydrogens (tertiary/aromatic N) is 4. The average molecular weight is 315 g/mol. The number of likely N-dealkylation sites (N-methyl/N-ethyl adjacent to an activating group) is 1. The highest BCUT2D eigenvalue weighted by atomic mass is 79.9. The minimum Gasteiger partial charge on any atom is -0.508 e. The van der Waals surface area contributed by atoms with Crippen molar-refractivity contribution in [1.82, 2.24) is 10.1 Å². The third-order valence-corrected chi connectivity index (χ3v) is 3.42. The van der Waals surface area contributed by atoms with Gasteiger partial charge in [0.15, 0.2) is 5.70 Å². The molecule has 0 fully saturated rings. The zero-order valence-corrected chi connectivity index (χ0v) is 11.4. The van der Waals surface area contributed by atoms with E-state index in [2.05, 4.69) is 31.3 Å². The van der Waals surface area contributed by atoms with Crippen molar-refractivity contribution in [2.24, 2.45) is 10.2 Å². The molecule has 0 aliphatic carbocycles. The van der Waals surface area contributed by atoms with Gasteiger partial charge < -0.3 is 14.5 Å². The van der Waals surface area contributed by atoms with Crippen LogP contribution in [0.25, 0.3) is 0 Å². The molecule has 1 amide bonds. The van der Waals surface area contributed by atoms with Gasteiger partial charge in [0.2, 0.25) is 5.82 Å². The van der Waals surface area contributed by atoms with Crippen molar-refractivity contribution in [3.8, 4) is 0 Å². The Balaban J connectivity index is 2.22. The van der Waals surface area contributed by atoms with E-state index in [9.17, 15) is 9.90 Å². The predicted octanol–water partition coefficient (Wildman–Crippen LogP) is 2.46. The van der Waals surface area contributed by atoms with Crippen molar-refractivity contribution in [2.75, 3.05) is 13.1 Å². The largest absolute Gasteiger partial charge is 0.508 e. The van der Waals surface area contributed by atoms with Crippen LogP contribution in [-0.4, -0.2) is 34.2 Å². The van der Waals surface area contributed by atoms with Crippen molar-refractivity contribution < 1.29 is 14.4 Å². The van der Waals surface area contributed by atoms with Crippen molar-refractivity contribution >= 4 is 27.7 Å². The number of halogens is 1. The van der Waals surface area contributed by atoms with Crippen molar-refractivity contribution in [2.45, 2.75) is 13.8 Å². The van der Waals surface area contributed by atoms with Gasteiger partial charge in [0.25, 0.3) is 5.91 Å². The molecule has 0 saturated heterocycles. The standard InChI is InChI=1S/C10H11BrN4O3/c1-3-15-4-6(16)8(10(15)17)12-13-9-7(11)5(2)18-14-9/h16H,3-4H2,1-2H3. The number of hydrogen-bond acceptors (Lipinski definition) is 6. The summed E-state index contributed by atoms with van der Waals surface area (Å²) in [5.74, 6) is 0.377. The third kappa shape index (κ3) is 2.15. The van der Waals surface area contributed by atoms with Gasteiger partial charge in [0.1, 0.15) is 16.0 Å². The molecule has 0 saturated carbocycles. The van der Waals surface area contributed by atoms with Gasteiger partial charge in [-0.15, -0.1) is 10.2 Å². The fourth-order valence-corrected chi connectivity index (χ4v) is 1.69. The molecule has 18 heavy (non-hydrogen) atoms. The molecule has 1 N–H and O–H groups in total. The van der Waals surface area contributed by atoms with Gasteiger partial charge in [-0.1, -0.05) is 5.16 Å². The minimum absolute atomic E-state index is 0.0515. The molecule has 1 aliphatic rings. The van der Waals surface area contributed by atoms with E-state index in [1.165, 1.54) is 4.90 Å². The molecule has 0 bridgehead atoms. The van der Waals surface area contributed by atoms with E-state index in [1.54, 1.807) is 6.92 Å². The Hall–Kier alpha value is -1.70. The molecule has 2 heterocycles. The lowest BCUT2D eigenvalue weighted by Gasteiger charge is -2.10. The summed E-state index contributed by atoms with van der Waals surface area (Å²) in [5.41, 5.74) is -0.0515. The van der Waals surface area contributed by atoms with E-state index in [-0.39, 0.29) is 29.7 Å². The van der Waals surface area contributed by atoms with E-state index in [0.717, 1.165) is 0 Å². The molecule has 7 nitrogen and oxygen atoms in total. The normalized spacial score (nSPS) is 16.4. The maximum atomic E-state index is 11.8. The summed E-state index contributed by atoms with van der Waals surface area (Å²) in [6.07, 6.45) is 0. The maximum Gasteiger partial charge on any atom is 0.278 e. The molecular weight excluding hydrogens is 304 g/mol. The van der Waals surface area contributed by atoms with Gasteiger partial charge >= 0.3 is 0 Å². The van der Waals surface area contributed by atoms with Crippen LogP contribution >= 0.6 is 15.9 Å². The molecule has 1 aromatic rings. The Morgan fingerprint density at radius 1 is 1.56 bits per heavy atom. The van der Waals surface area contributed by atoms with Crippen LogP contribution < -0.4 is 0 Å². The van der Waals surface area contributed by atoms with Crippen LogP contribution in [0.15, 0.2) is 30.7 Å². The lowest BCUT2D eigenvalue weighted by atomic mass is 10.4. The molecule has 0 radical (unpaired) electrons. The van der Waals surface area contributed by atoms with Crippen LogP contribution in [0, 0.1) is 6.92 Å². The number of hydrogen-bond donors (Lipinski definition) is 1. The number of carbonyl (C=O) groups is 1. The van der Waals surface area contributed by atoms with Gasteiger partial charge in [-0.3, -0.25) is 4.79 Å². The Bertz CT molecular complexity index is 549. The molecule has 0 spiro atoms. The predicted molar refractivity (Wildman–Crippen MR) is 65.4 cm³/mol. The quantitative estimate of drug-likeness (QED) is 0.867. The van der Waals surface area contributed by atoms with E-state index in [0.29, 0.717) is 16.8 Å². The molecule has 2 rings (SSSR count). The summed E-state index contributed by atoms with van der Waals surface area (Å²) in [5, 5.41) is 20.8. The van der Waals surface area contributed by atoms with E-state index in [4.69, 9.17) is 4.52 Å². The summed E-state index contributed by atoms with van der Waals surface area (Å²) >= 11 is 3.23. The van der Waals surface area contributed by atoms with E-state index < -0.39 is 0 Å². The molecule has 1 aliphatic heterocycles. The van der Waals surface area contributed by atoms with Crippen LogP contribution in [0.3, 0.4) is 0 Å². The summed E-state index contributed by atoms with van der Waals surface area (Å²) in [4.78, 5) is 13.2. The summed E-state index contributed by atoms with van der Waals surface area (Å²) in [7, 11) is 0. The first-order valence-corrected chi connectivity index (χ1v) is 6.08. The first kappa shape index (κ1) is 12.7.